The smallest absolute Gasteiger partial charge is 0.0932 e. The van der Waals surface area contributed by atoms with Crippen LogP contribution in [0, 0.1) is 13.8 Å². The van der Waals surface area contributed by atoms with E-state index in [0.29, 0.717) is 0 Å². The maximum Gasteiger partial charge on any atom is 0.0932 e. The molecule has 0 aromatic carbocycles. The Bertz CT molecular complexity index is 1330. The fourth-order valence-corrected chi connectivity index (χ4v) is 6.51. The van der Waals surface area contributed by atoms with E-state index in [-0.39, 0.29) is 0 Å². The van der Waals surface area contributed by atoms with Crippen molar-refractivity contribution in [2.75, 3.05) is 0 Å². The van der Waals surface area contributed by atoms with Gasteiger partial charge in [0.15, 0.2) is 0 Å². The molecule has 202 valence electrons. The molecule has 0 radical (unpaired) electrons. The minimum atomic E-state index is 0.941. The van der Waals surface area contributed by atoms with Crippen LogP contribution in [-0.2, 0) is 25.7 Å². The lowest BCUT2D eigenvalue weighted by Crippen LogP contribution is -2.16. The van der Waals surface area contributed by atoms with E-state index in [9.17, 15) is 0 Å². The summed E-state index contributed by atoms with van der Waals surface area (Å²) in [7, 11) is 0. The highest BCUT2D eigenvalue weighted by atomic mass is 14.9. The lowest BCUT2D eigenvalue weighted by molar-refractivity contribution is 1.04. The molecule has 0 saturated carbocycles. The van der Waals surface area contributed by atoms with Gasteiger partial charge in [-0.2, -0.15) is 0 Å². The second-order valence-corrected chi connectivity index (χ2v) is 10.5. The lowest BCUT2D eigenvalue weighted by atomic mass is 9.94. The normalized spacial score (nSPS) is 18.1. The van der Waals surface area contributed by atoms with Gasteiger partial charge in [-0.1, -0.05) is 41.5 Å². The zero-order valence-electron chi connectivity index (χ0n) is 25.3. The van der Waals surface area contributed by atoms with Crippen molar-refractivity contribution in [3.05, 3.63) is 78.7 Å². The summed E-state index contributed by atoms with van der Waals surface area (Å²) >= 11 is 0. The highest BCUT2D eigenvalue weighted by Crippen LogP contribution is 2.37. The summed E-state index contributed by atoms with van der Waals surface area (Å²) in [5.41, 5.74) is 20.1. The van der Waals surface area contributed by atoms with Crippen LogP contribution in [0.15, 0.2) is 43.7 Å². The van der Waals surface area contributed by atoms with Crippen LogP contribution < -0.4 is 0 Å². The van der Waals surface area contributed by atoms with Crippen LogP contribution in [0.2, 0.25) is 0 Å². The number of aryl methyl sites for hydroxylation is 2. The first-order valence-electron chi connectivity index (χ1n) is 14.7. The zero-order chi connectivity index (χ0) is 27.7. The van der Waals surface area contributed by atoms with Crippen LogP contribution in [0.4, 0.5) is 0 Å². The van der Waals surface area contributed by atoms with Gasteiger partial charge in [-0.15, -0.1) is 0 Å². The maximum atomic E-state index is 5.26. The standard InChI is InChI=1S/C34H46N4/c1-11-23-19(7)29(17-31-27(15-5)25(13-3)21(9)35-31)37-33(23)34-24(12-2)20(8)30(38-34)18-32-28(16-6)26(14-4)22(10)36-32/h17-18,35-36H,11-16H2,1-10H3/b29-17+,30-18+. The molecule has 4 nitrogen and oxygen atoms in total. The van der Waals surface area contributed by atoms with Crippen molar-refractivity contribution in [2.45, 2.75) is 108 Å². The first kappa shape index (κ1) is 27.9. The van der Waals surface area contributed by atoms with Crippen molar-refractivity contribution in [3.8, 4) is 0 Å². The van der Waals surface area contributed by atoms with Crippen LogP contribution in [0.25, 0.3) is 12.2 Å². The molecule has 4 heteroatoms. The second-order valence-electron chi connectivity index (χ2n) is 10.5. The third kappa shape index (κ3) is 4.63. The van der Waals surface area contributed by atoms with Gasteiger partial charge in [0, 0.05) is 22.8 Å². The van der Waals surface area contributed by atoms with E-state index in [1.807, 2.05) is 0 Å². The van der Waals surface area contributed by atoms with Gasteiger partial charge in [0.25, 0.3) is 0 Å². The van der Waals surface area contributed by atoms with E-state index in [2.05, 4.69) is 91.4 Å². The number of nitrogens with one attached hydrogen (secondary N) is 2. The van der Waals surface area contributed by atoms with Gasteiger partial charge in [-0.25, -0.2) is 9.98 Å². The molecule has 0 aliphatic carbocycles. The third-order valence-corrected chi connectivity index (χ3v) is 8.55. The number of H-pyrrole nitrogens is 2. The summed E-state index contributed by atoms with van der Waals surface area (Å²) in [6, 6.07) is 0. The Hall–Kier alpha value is -3.14. The third-order valence-electron chi connectivity index (χ3n) is 8.55. The number of hydrogen-bond donors (Lipinski definition) is 2. The number of rotatable bonds is 9. The molecule has 0 unspecified atom stereocenters. The summed E-state index contributed by atoms with van der Waals surface area (Å²) in [4.78, 5) is 17.8. The molecule has 0 saturated heterocycles. The molecule has 0 fully saturated rings. The number of nitrogens with zero attached hydrogens (tertiary/aromatic N) is 2. The fourth-order valence-electron chi connectivity index (χ4n) is 6.51. The number of aliphatic imine (C=N–C) groups is 2. The SMILES string of the molecule is CCC1=C(C)/C(=C\c2[nH]c(C)c(CC)c2CC)N=C1C1=N/C(=C/c2[nH]c(C)c(CC)c2CC)C(C)=C1CC. The Morgan fingerprint density at radius 1 is 0.500 bits per heavy atom. The molecule has 0 amide bonds. The van der Waals surface area contributed by atoms with Gasteiger partial charge in [0.1, 0.15) is 0 Å². The predicted octanol–water partition coefficient (Wildman–Crippen LogP) is 8.95. The number of aromatic amines is 2. The Kier molecular flexibility index (Phi) is 8.30. The average molecular weight is 511 g/mol. The largest absolute Gasteiger partial charge is 0.359 e. The molecular formula is C34H46N4. The molecule has 4 heterocycles. The van der Waals surface area contributed by atoms with Gasteiger partial charge in [-0.3, -0.25) is 0 Å². The Labute approximate surface area is 229 Å². The van der Waals surface area contributed by atoms with Gasteiger partial charge in [0.05, 0.1) is 22.8 Å². The van der Waals surface area contributed by atoms with Crippen LogP contribution in [0.3, 0.4) is 0 Å². The van der Waals surface area contributed by atoms with Gasteiger partial charge < -0.3 is 9.97 Å². The molecule has 2 aromatic rings. The zero-order valence-corrected chi connectivity index (χ0v) is 25.3. The lowest BCUT2D eigenvalue weighted by Gasteiger charge is -2.08. The van der Waals surface area contributed by atoms with Crippen LogP contribution in [-0.4, -0.2) is 21.4 Å². The van der Waals surface area contributed by atoms with Crippen molar-refractivity contribution in [2.24, 2.45) is 9.98 Å². The monoisotopic (exact) mass is 510 g/mol. The van der Waals surface area contributed by atoms with Crippen molar-refractivity contribution in [1.29, 1.82) is 0 Å². The van der Waals surface area contributed by atoms with E-state index in [0.717, 1.165) is 61.3 Å². The topological polar surface area (TPSA) is 56.3 Å². The highest BCUT2D eigenvalue weighted by molar-refractivity contribution is 6.55. The summed E-state index contributed by atoms with van der Waals surface area (Å²) in [5.74, 6) is 0. The van der Waals surface area contributed by atoms with E-state index >= 15 is 0 Å². The first-order chi connectivity index (χ1) is 18.2. The van der Waals surface area contributed by atoms with Gasteiger partial charge in [0.2, 0.25) is 0 Å². The summed E-state index contributed by atoms with van der Waals surface area (Å²) in [6.07, 6.45) is 10.5. The summed E-state index contributed by atoms with van der Waals surface area (Å²) < 4.78 is 0. The van der Waals surface area contributed by atoms with Crippen molar-refractivity contribution >= 4 is 23.6 Å². The Morgan fingerprint density at radius 3 is 1.13 bits per heavy atom. The van der Waals surface area contributed by atoms with Crippen molar-refractivity contribution in [3.63, 3.8) is 0 Å². The Morgan fingerprint density at radius 2 is 0.842 bits per heavy atom. The van der Waals surface area contributed by atoms with Crippen LogP contribution in [0.5, 0.6) is 0 Å². The van der Waals surface area contributed by atoms with E-state index in [1.54, 1.807) is 0 Å². The maximum absolute atomic E-state index is 5.26. The first-order valence-corrected chi connectivity index (χ1v) is 14.7. The average Bonchev–Trinajstić information content (AvgIpc) is 3.59. The molecule has 2 N–H and O–H groups in total. The number of aromatic nitrogens is 2. The minimum absolute atomic E-state index is 0.941. The van der Waals surface area contributed by atoms with E-state index < -0.39 is 0 Å². The second kappa shape index (κ2) is 11.3. The summed E-state index contributed by atoms with van der Waals surface area (Å²) in [5, 5.41) is 0. The van der Waals surface area contributed by atoms with E-state index in [4.69, 9.17) is 9.98 Å². The molecule has 0 atom stereocenters. The van der Waals surface area contributed by atoms with Crippen molar-refractivity contribution in [1.82, 2.24) is 9.97 Å². The summed E-state index contributed by atoms with van der Waals surface area (Å²) in [6.45, 7) is 22.3. The molecule has 0 bridgehead atoms. The molecule has 0 spiro atoms. The highest BCUT2D eigenvalue weighted by Gasteiger charge is 2.30. The van der Waals surface area contributed by atoms with E-state index in [1.165, 1.54) is 67.3 Å². The Balaban J connectivity index is 1.83. The minimum Gasteiger partial charge on any atom is -0.359 e. The van der Waals surface area contributed by atoms with Crippen LogP contribution >= 0.6 is 0 Å². The molecular weight excluding hydrogens is 464 g/mol. The predicted molar refractivity (Wildman–Crippen MR) is 165 cm³/mol. The van der Waals surface area contributed by atoms with Crippen LogP contribution in [0.1, 0.15) is 113 Å². The molecule has 2 aliphatic heterocycles. The molecule has 4 rings (SSSR count). The molecule has 38 heavy (non-hydrogen) atoms. The quantitative estimate of drug-likeness (QED) is 0.338. The molecule has 2 aromatic heterocycles. The van der Waals surface area contributed by atoms with Gasteiger partial charge >= 0.3 is 0 Å². The van der Waals surface area contributed by atoms with Gasteiger partial charge in [-0.05, 0) is 123 Å². The molecule has 2 aliphatic rings. The van der Waals surface area contributed by atoms with Crippen molar-refractivity contribution < 1.29 is 0 Å². The number of hydrogen-bond acceptors (Lipinski definition) is 2. The fraction of sp³-hybridized carbons (Fsp3) is 0.471. The number of allylic oxidation sites excluding steroid dienone is 4.